The summed E-state index contributed by atoms with van der Waals surface area (Å²) < 4.78 is 67.2. The number of anilines is 1. The Kier molecular flexibility index (Phi) is 7.71. The van der Waals surface area contributed by atoms with Crippen molar-refractivity contribution >= 4 is 17.6 Å². The zero-order valence-electron chi connectivity index (χ0n) is 19.0. The van der Waals surface area contributed by atoms with Crippen molar-refractivity contribution in [2.24, 2.45) is 5.92 Å². The van der Waals surface area contributed by atoms with Crippen LogP contribution in [0.4, 0.5) is 27.9 Å². The number of halogens is 5. The number of benzene rings is 1. The molecule has 0 bridgehead atoms. The van der Waals surface area contributed by atoms with Crippen LogP contribution in [0.1, 0.15) is 24.5 Å². The van der Waals surface area contributed by atoms with Gasteiger partial charge in [0.25, 0.3) is 11.8 Å². The van der Waals surface area contributed by atoms with Gasteiger partial charge in [0, 0.05) is 44.2 Å². The van der Waals surface area contributed by atoms with Crippen molar-refractivity contribution in [1.82, 2.24) is 20.2 Å². The third-order valence-corrected chi connectivity index (χ3v) is 5.64. The van der Waals surface area contributed by atoms with Crippen LogP contribution in [0.5, 0.6) is 0 Å². The van der Waals surface area contributed by atoms with Crippen molar-refractivity contribution in [3.05, 3.63) is 65.6 Å². The number of nitrogens with zero attached hydrogens (tertiary/aromatic N) is 3. The van der Waals surface area contributed by atoms with Gasteiger partial charge in [-0.1, -0.05) is 37.3 Å². The van der Waals surface area contributed by atoms with Crippen molar-refractivity contribution in [3.8, 4) is 0 Å². The number of aromatic nitrogens is 2. The molecule has 2 atom stereocenters. The van der Waals surface area contributed by atoms with Crippen LogP contribution in [-0.2, 0) is 11.0 Å². The van der Waals surface area contributed by atoms with Crippen LogP contribution in [0.2, 0.25) is 0 Å². The standard InChI is InChI=1S/C23H25F5N6O/c1-14-8-22(24,25)13-34(18(14)12-33-21-31-9-16(10-32-21)23(26,27)28)20(35)17(11-30-2)19(29)15-6-4-3-5-7-15/h3-7,9-11,14,18,29-30H,8,12-13H2,1-2H3,(H,31,32,33)/b17-11+,29-19?. The minimum Gasteiger partial charge on any atom is -0.393 e. The normalized spacial score (nSPS) is 20.3. The summed E-state index contributed by atoms with van der Waals surface area (Å²) in [5, 5.41) is 13.9. The van der Waals surface area contributed by atoms with Crippen LogP contribution in [0.3, 0.4) is 0 Å². The number of amides is 1. The van der Waals surface area contributed by atoms with Gasteiger partial charge >= 0.3 is 6.18 Å². The summed E-state index contributed by atoms with van der Waals surface area (Å²) in [6.45, 7) is 0.636. The van der Waals surface area contributed by atoms with Crippen LogP contribution in [0.15, 0.2) is 54.5 Å². The monoisotopic (exact) mass is 496 g/mol. The average molecular weight is 496 g/mol. The van der Waals surface area contributed by atoms with Crippen LogP contribution in [0, 0.1) is 11.3 Å². The van der Waals surface area contributed by atoms with Gasteiger partial charge in [-0.25, -0.2) is 18.7 Å². The van der Waals surface area contributed by atoms with E-state index in [1.165, 1.54) is 13.2 Å². The van der Waals surface area contributed by atoms with Crippen molar-refractivity contribution < 1.29 is 26.7 Å². The van der Waals surface area contributed by atoms with Crippen LogP contribution in [-0.4, -0.2) is 58.6 Å². The maximum absolute atomic E-state index is 14.5. The molecule has 1 aliphatic heterocycles. The van der Waals surface area contributed by atoms with E-state index < -0.39 is 48.5 Å². The maximum Gasteiger partial charge on any atom is 0.419 e. The highest BCUT2D eigenvalue weighted by atomic mass is 19.4. The molecule has 1 aromatic heterocycles. The number of likely N-dealkylation sites (tertiary alicyclic amines) is 1. The summed E-state index contributed by atoms with van der Waals surface area (Å²) in [5.74, 6) is -4.69. The second-order valence-corrected chi connectivity index (χ2v) is 8.30. The molecule has 12 heteroatoms. The van der Waals surface area contributed by atoms with Crippen molar-refractivity contribution in [1.29, 1.82) is 5.41 Å². The summed E-state index contributed by atoms with van der Waals surface area (Å²) in [6.07, 6.45) is -2.54. The van der Waals surface area contributed by atoms with Gasteiger partial charge in [-0.15, -0.1) is 0 Å². The Hall–Kier alpha value is -3.57. The SMILES string of the molecule is CN/C=C(\C(=N)c1ccccc1)C(=O)N1CC(F)(F)CC(C)C1CNc1ncc(C(F)(F)F)cn1. The fraction of sp³-hybridized carbons (Fsp3) is 0.391. The molecule has 0 radical (unpaired) electrons. The minimum absolute atomic E-state index is 0.0696. The highest BCUT2D eigenvalue weighted by Gasteiger charge is 2.46. The number of piperidine rings is 1. The zero-order valence-corrected chi connectivity index (χ0v) is 19.0. The van der Waals surface area contributed by atoms with E-state index in [4.69, 9.17) is 5.41 Å². The highest BCUT2D eigenvalue weighted by molar-refractivity contribution is 6.26. The number of rotatable bonds is 7. The van der Waals surface area contributed by atoms with Crippen molar-refractivity contribution in [2.45, 2.75) is 31.5 Å². The number of carbonyl (C=O) groups is 1. The molecule has 188 valence electrons. The van der Waals surface area contributed by atoms with Gasteiger partial charge < -0.3 is 15.5 Å². The molecule has 2 aromatic rings. The number of hydrogen-bond donors (Lipinski definition) is 3. The predicted molar refractivity (Wildman–Crippen MR) is 120 cm³/mol. The lowest BCUT2D eigenvalue weighted by Crippen LogP contribution is -2.58. The smallest absolute Gasteiger partial charge is 0.393 e. The first-order valence-corrected chi connectivity index (χ1v) is 10.8. The quantitative estimate of drug-likeness (QED) is 0.307. The Morgan fingerprint density at radius 1 is 1.23 bits per heavy atom. The fourth-order valence-corrected chi connectivity index (χ4v) is 3.94. The summed E-state index contributed by atoms with van der Waals surface area (Å²) in [4.78, 5) is 21.8. The molecular weight excluding hydrogens is 471 g/mol. The largest absolute Gasteiger partial charge is 0.419 e. The Morgan fingerprint density at radius 2 is 1.86 bits per heavy atom. The van der Waals surface area contributed by atoms with Gasteiger partial charge in [0.15, 0.2) is 0 Å². The second-order valence-electron chi connectivity index (χ2n) is 8.30. The third-order valence-electron chi connectivity index (χ3n) is 5.64. The molecule has 1 aliphatic rings. The van der Waals surface area contributed by atoms with E-state index in [-0.39, 0.29) is 23.8 Å². The predicted octanol–water partition coefficient (Wildman–Crippen LogP) is 3.95. The van der Waals surface area contributed by atoms with Crippen LogP contribution >= 0.6 is 0 Å². The van der Waals surface area contributed by atoms with E-state index in [1.54, 1.807) is 37.3 Å². The lowest BCUT2D eigenvalue weighted by molar-refractivity contribution is -0.147. The summed E-state index contributed by atoms with van der Waals surface area (Å²) in [6, 6.07) is 7.65. The third kappa shape index (κ3) is 6.31. The molecule has 0 saturated carbocycles. The maximum atomic E-state index is 14.5. The zero-order chi connectivity index (χ0) is 25.8. The second kappa shape index (κ2) is 10.4. The molecule has 7 nitrogen and oxygen atoms in total. The molecule has 1 aromatic carbocycles. The van der Waals surface area contributed by atoms with E-state index in [1.807, 2.05) is 0 Å². The lowest BCUT2D eigenvalue weighted by Gasteiger charge is -2.43. The topological polar surface area (TPSA) is 94.0 Å². The van der Waals surface area contributed by atoms with E-state index in [0.29, 0.717) is 18.0 Å². The van der Waals surface area contributed by atoms with Crippen LogP contribution in [0.25, 0.3) is 0 Å². The van der Waals surface area contributed by atoms with Gasteiger partial charge in [0.1, 0.15) is 0 Å². The Balaban J connectivity index is 1.85. The van der Waals surface area contributed by atoms with Gasteiger partial charge in [0.05, 0.1) is 29.4 Å². The van der Waals surface area contributed by atoms with Crippen LogP contribution < -0.4 is 10.6 Å². The minimum atomic E-state index is -4.59. The molecule has 35 heavy (non-hydrogen) atoms. The molecule has 2 heterocycles. The molecule has 2 unspecified atom stereocenters. The molecule has 0 spiro atoms. The molecule has 1 amide bonds. The van der Waals surface area contributed by atoms with Gasteiger partial charge in [0.2, 0.25) is 5.95 Å². The lowest BCUT2D eigenvalue weighted by atomic mass is 9.87. The number of carbonyl (C=O) groups excluding carboxylic acids is 1. The fourth-order valence-electron chi connectivity index (χ4n) is 3.94. The van der Waals surface area contributed by atoms with Gasteiger partial charge in [-0.3, -0.25) is 10.2 Å². The van der Waals surface area contributed by atoms with E-state index in [0.717, 1.165) is 4.90 Å². The first-order valence-electron chi connectivity index (χ1n) is 10.8. The van der Waals surface area contributed by atoms with Crippen molar-refractivity contribution in [2.75, 3.05) is 25.5 Å². The van der Waals surface area contributed by atoms with E-state index in [9.17, 15) is 26.7 Å². The molecule has 1 fully saturated rings. The van der Waals surface area contributed by atoms with Gasteiger partial charge in [-0.2, -0.15) is 13.2 Å². The van der Waals surface area contributed by atoms with Gasteiger partial charge in [-0.05, 0) is 5.92 Å². The Labute approximate surface area is 199 Å². The molecule has 3 rings (SSSR count). The van der Waals surface area contributed by atoms with Crippen molar-refractivity contribution in [3.63, 3.8) is 0 Å². The molecule has 0 aliphatic carbocycles. The van der Waals surface area contributed by atoms with E-state index >= 15 is 0 Å². The summed E-state index contributed by atoms with van der Waals surface area (Å²) in [5.41, 5.74) is -0.817. The molecule has 1 saturated heterocycles. The molecule has 3 N–H and O–H groups in total. The Bertz CT molecular complexity index is 1070. The summed E-state index contributed by atoms with van der Waals surface area (Å²) >= 11 is 0. The first kappa shape index (κ1) is 26.0. The summed E-state index contributed by atoms with van der Waals surface area (Å²) in [7, 11) is 1.53. The Morgan fingerprint density at radius 3 is 2.43 bits per heavy atom. The first-order chi connectivity index (χ1) is 16.4. The number of alkyl halides is 5. The highest BCUT2D eigenvalue weighted by Crippen LogP contribution is 2.35. The van der Waals surface area contributed by atoms with E-state index in [2.05, 4.69) is 20.6 Å². The number of hydrogen-bond acceptors (Lipinski definition) is 6. The molecular formula is C23H25F5N6O. The average Bonchev–Trinajstić information content (AvgIpc) is 2.80. The number of nitrogens with one attached hydrogen (secondary N) is 3.